The third-order valence-electron chi connectivity index (χ3n) is 3.16. The molecule has 1 amide bonds. The number of ketones is 1. The van der Waals surface area contributed by atoms with Crippen molar-refractivity contribution in [2.24, 2.45) is 0 Å². The number of Topliss-reactive ketones (excluding diaryl/α,β-unsaturated/α-hetero) is 1. The quantitative estimate of drug-likeness (QED) is 0.834. The van der Waals surface area contributed by atoms with Crippen molar-refractivity contribution in [3.05, 3.63) is 23.8 Å². The van der Waals surface area contributed by atoms with Crippen LogP contribution < -0.4 is 14.8 Å². The minimum atomic E-state index is -0.561. The average molecular weight is 263 g/mol. The van der Waals surface area contributed by atoms with Crippen LogP contribution in [0.25, 0.3) is 0 Å². The monoisotopic (exact) mass is 263 g/mol. The normalized spacial score (nSPS) is 13.2. The highest BCUT2D eigenvalue weighted by Gasteiger charge is 2.25. The number of ether oxygens (including phenoxy) is 2. The molecule has 0 spiro atoms. The van der Waals surface area contributed by atoms with Crippen LogP contribution in [0.15, 0.2) is 18.2 Å². The lowest BCUT2D eigenvalue weighted by Gasteiger charge is -2.25. The van der Waals surface area contributed by atoms with Gasteiger partial charge in [0, 0.05) is 18.9 Å². The first-order chi connectivity index (χ1) is 8.90. The van der Waals surface area contributed by atoms with E-state index in [0.29, 0.717) is 12.3 Å². The lowest BCUT2D eigenvalue weighted by atomic mass is 9.84. The highest BCUT2D eigenvalue weighted by Crippen LogP contribution is 2.36. The zero-order chi connectivity index (χ0) is 14.0. The Morgan fingerprint density at radius 1 is 1.26 bits per heavy atom. The Hall–Kier alpha value is -2.04. The van der Waals surface area contributed by atoms with Gasteiger partial charge in [-0.25, -0.2) is 0 Å². The van der Waals surface area contributed by atoms with E-state index in [1.807, 2.05) is 32.0 Å². The van der Waals surface area contributed by atoms with Crippen molar-refractivity contribution in [1.82, 2.24) is 5.32 Å². The Balaban J connectivity index is 2.11. The van der Waals surface area contributed by atoms with Gasteiger partial charge in [-0.2, -0.15) is 0 Å². The summed E-state index contributed by atoms with van der Waals surface area (Å²) in [5.41, 5.74) is 0.715. The van der Waals surface area contributed by atoms with Gasteiger partial charge >= 0.3 is 0 Å². The summed E-state index contributed by atoms with van der Waals surface area (Å²) in [5.74, 6) is 0.395. The smallest absolute Gasteiger partial charge is 0.287 e. The molecule has 0 saturated carbocycles. The van der Waals surface area contributed by atoms with E-state index < -0.39 is 11.7 Å². The van der Waals surface area contributed by atoms with E-state index in [0.717, 1.165) is 11.3 Å². The molecule has 0 aromatic heterocycles. The fourth-order valence-corrected chi connectivity index (χ4v) is 1.85. The van der Waals surface area contributed by atoms with E-state index in [-0.39, 0.29) is 12.2 Å². The number of nitrogens with one attached hydrogen (secondary N) is 1. The summed E-state index contributed by atoms with van der Waals surface area (Å²) in [5, 5.41) is 2.63. The molecule has 0 fully saturated rings. The second-order valence-electron chi connectivity index (χ2n) is 5.19. The molecule has 0 radical (unpaired) electrons. The standard InChI is InChI=1S/C14H17NO4/c1-9(16)13(17)15-7-14(2,3)10-4-5-11-12(6-10)19-8-18-11/h4-6H,7-8H2,1-3H3,(H,15,17). The zero-order valence-electron chi connectivity index (χ0n) is 11.3. The molecule has 5 heteroatoms. The first-order valence-electron chi connectivity index (χ1n) is 6.09. The summed E-state index contributed by atoms with van der Waals surface area (Å²) < 4.78 is 10.6. The van der Waals surface area contributed by atoms with E-state index in [1.165, 1.54) is 6.92 Å². The topological polar surface area (TPSA) is 64.6 Å². The Morgan fingerprint density at radius 2 is 1.95 bits per heavy atom. The van der Waals surface area contributed by atoms with Gasteiger partial charge in [-0.05, 0) is 17.7 Å². The van der Waals surface area contributed by atoms with Crippen LogP contribution in [0.3, 0.4) is 0 Å². The molecule has 1 aliphatic rings. The van der Waals surface area contributed by atoms with Gasteiger partial charge < -0.3 is 14.8 Å². The molecule has 1 aromatic carbocycles. The first kappa shape index (κ1) is 13.4. The Bertz CT molecular complexity index is 522. The number of carbonyl (C=O) groups excluding carboxylic acids is 2. The maximum Gasteiger partial charge on any atom is 0.287 e. The summed E-state index contributed by atoms with van der Waals surface area (Å²) >= 11 is 0. The summed E-state index contributed by atoms with van der Waals surface area (Å²) in [6.45, 7) is 5.85. The van der Waals surface area contributed by atoms with Crippen LogP contribution in [-0.4, -0.2) is 25.0 Å². The number of carbonyl (C=O) groups is 2. The van der Waals surface area contributed by atoms with Crippen molar-refractivity contribution in [3.8, 4) is 11.5 Å². The van der Waals surface area contributed by atoms with Crippen LogP contribution in [0.5, 0.6) is 11.5 Å². The van der Waals surface area contributed by atoms with Crippen LogP contribution in [-0.2, 0) is 15.0 Å². The molecule has 0 atom stereocenters. The maximum absolute atomic E-state index is 11.3. The highest BCUT2D eigenvalue weighted by molar-refractivity contribution is 6.35. The van der Waals surface area contributed by atoms with Crippen LogP contribution in [0.1, 0.15) is 26.3 Å². The number of amides is 1. The number of rotatable bonds is 4. The number of fused-ring (bicyclic) bond motifs is 1. The van der Waals surface area contributed by atoms with E-state index in [2.05, 4.69) is 5.32 Å². The molecule has 1 aliphatic heterocycles. The van der Waals surface area contributed by atoms with Crippen molar-refractivity contribution in [3.63, 3.8) is 0 Å². The SMILES string of the molecule is CC(=O)C(=O)NCC(C)(C)c1ccc2c(c1)OCO2. The summed E-state index contributed by atoms with van der Waals surface area (Å²) in [6.07, 6.45) is 0. The van der Waals surface area contributed by atoms with Crippen molar-refractivity contribution < 1.29 is 19.1 Å². The molecule has 1 aromatic rings. The van der Waals surface area contributed by atoms with Crippen molar-refractivity contribution in [2.45, 2.75) is 26.2 Å². The molecule has 19 heavy (non-hydrogen) atoms. The van der Waals surface area contributed by atoms with E-state index >= 15 is 0 Å². The van der Waals surface area contributed by atoms with Crippen LogP contribution in [0, 0.1) is 0 Å². The molecule has 0 aliphatic carbocycles. The third-order valence-corrected chi connectivity index (χ3v) is 3.16. The molecule has 102 valence electrons. The zero-order valence-corrected chi connectivity index (χ0v) is 11.3. The van der Waals surface area contributed by atoms with Crippen LogP contribution in [0.2, 0.25) is 0 Å². The Kier molecular flexibility index (Phi) is 3.46. The predicted molar refractivity (Wildman–Crippen MR) is 69.3 cm³/mol. The molecular weight excluding hydrogens is 246 g/mol. The summed E-state index contributed by atoms with van der Waals surface area (Å²) in [6, 6.07) is 5.70. The Morgan fingerprint density at radius 3 is 2.63 bits per heavy atom. The number of hydrogen-bond donors (Lipinski definition) is 1. The molecule has 0 saturated heterocycles. The fourth-order valence-electron chi connectivity index (χ4n) is 1.85. The van der Waals surface area contributed by atoms with Gasteiger partial charge in [0.1, 0.15) is 0 Å². The van der Waals surface area contributed by atoms with Crippen molar-refractivity contribution in [1.29, 1.82) is 0 Å². The van der Waals surface area contributed by atoms with Gasteiger partial charge in [0.15, 0.2) is 11.5 Å². The highest BCUT2D eigenvalue weighted by atomic mass is 16.7. The molecule has 1 heterocycles. The second kappa shape index (κ2) is 4.91. The van der Waals surface area contributed by atoms with Gasteiger partial charge in [0.25, 0.3) is 5.91 Å². The van der Waals surface area contributed by atoms with E-state index in [4.69, 9.17) is 9.47 Å². The molecule has 5 nitrogen and oxygen atoms in total. The van der Waals surface area contributed by atoms with Crippen LogP contribution in [0.4, 0.5) is 0 Å². The number of hydrogen-bond acceptors (Lipinski definition) is 4. The molecule has 2 rings (SSSR count). The third kappa shape index (κ3) is 2.86. The largest absolute Gasteiger partial charge is 0.454 e. The molecule has 0 bridgehead atoms. The van der Waals surface area contributed by atoms with Gasteiger partial charge in [-0.1, -0.05) is 19.9 Å². The first-order valence-corrected chi connectivity index (χ1v) is 6.09. The summed E-state index contributed by atoms with van der Waals surface area (Å²) in [4.78, 5) is 22.2. The molecule has 1 N–H and O–H groups in total. The minimum Gasteiger partial charge on any atom is -0.454 e. The van der Waals surface area contributed by atoms with E-state index in [9.17, 15) is 9.59 Å². The van der Waals surface area contributed by atoms with Crippen molar-refractivity contribution >= 4 is 11.7 Å². The van der Waals surface area contributed by atoms with Crippen molar-refractivity contribution in [2.75, 3.05) is 13.3 Å². The van der Waals surface area contributed by atoms with Gasteiger partial charge in [-0.15, -0.1) is 0 Å². The van der Waals surface area contributed by atoms with E-state index in [1.54, 1.807) is 0 Å². The van der Waals surface area contributed by atoms with Crippen LogP contribution >= 0.6 is 0 Å². The fraction of sp³-hybridized carbons (Fsp3) is 0.429. The van der Waals surface area contributed by atoms with Gasteiger partial charge in [0.2, 0.25) is 12.6 Å². The number of benzene rings is 1. The lowest BCUT2D eigenvalue weighted by Crippen LogP contribution is -2.39. The summed E-state index contributed by atoms with van der Waals surface area (Å²) in [7, 11) is 0. The minimum absolute atomic E-state index is 0.236. The Labute approximate surface area is 111 Å². The second-order valence-corrected chi connectivity index (χ2v) is 5.19. The lowest BCUT2D eigenvalue weighted by molar-refractivity contribution is -0.136. The maximum atomic E-state index is 11.3. The molecule has 0 unspecified atom stereocenters. The average Bonchev–Trinajstić information content (AvgIpc) is 2.82. The van der Waals surface area contributed by atoms with Gasteiger partial charge in [-0.3, -0.25) is 9.59 Å². The molecular formula is C14H17NO4. The predicted octanol–water partition coefficient (Wildman–Crippen LogP) is 1.40. The van der Waals surface area contributed by atoms with Gasteiger partial charge in [0.05, 0.1) is 0 Å².